The first-order valence-electron chi connectivity index (χ1n) is 6.43. The Morgan fingerprint density at radius 3 is 2.05 bits per heavy atom. The molecule has 0 unspecified atom stereocenters. The lowest BCUT2D eigenvalue weighted by atomic mass is 9.96. The van der Waals surface area contributed by atoms with Crippen LogP contribution in [0, 0.1) is 5.41 Å². The van der Waals surface area contributed by atoms with Gasteiger partial charge in [0.1, 0.15) is 0 Å². The number of alkyl carbamates (subject to hydrolysis) is 1. The van der Waals surface area contributed by atoms with Gasteiger partial charge in [0.2, 0.25) is 5.91 Å². The molecule has 118 valence electrons. The summed E-state index contributed by atoms with van der Waals surface area (Å²) in [7, 11) is 0. The molecule has 0 aliphatic heterocycles. The van der Waals surface area contributed by atoms with E-state index in [1.54, 1.807) is 20.8 Å². The van der Waals surface area contributed by atoms with Crippen LogP contribution >= 0.6 is 0 Å². The average Bonchev–Trinajstić information content (AvgIpc) is 2.25. The summed E-state index contributed by atoms with van der Waals surface area (Å²) in [5.41, 5.74) is -0.807. The van der Waals surface area contributed by atoms with E-state index in [-0.39, 0.29) is 31.8 Å². The van der Waals surface area contributed by atoms with Gasteiger partial charge in [0.25, 0.3) is 0 Å². The molecule has 2 N–H and O–H groups in total. The molecule has 0 saturated carbocycles. The molecular weight excluding hydrogens is 264 g/mol. The highest BCUT2D eigenvalue weighted by Gasteiger charge is 2.20. The molecule has 0 radical (unpaired) electrons. The van der Waals surface area contributed by atoms with Crippen LogP contribution in [-0.2, 0) is 19.0 Å². The van der Waals surface area contributed by atoms with Crippen molar-refractivity contribution < 1.29 is 23.8 Å². The number of ether oxygens (including phenoxy) is 3. The van der Waals surface area contributed by atoms with E-state index in [1.165, 1.54) is 0 Å². The van der Waals surface area contributed by atoms with E-state index in [4.69, 9.17) is 14.2 Å². The average molecular weight is 290 g/mol. The lowest BCUT2D eigenvalue weighted by Gasteiger charge is -2.19. The van der Waals surface area contributed by atoms with E-state index >= 15 is 0 Å². The van der Waals surface area contributed by atoms with E-state index in [1.807, 2.05) is 20.8 Å². The molecule has 0 saturated heterocycles. The van der Waals surface area contributed by atoms with Crippen LogP contribution < -0.4 is 10.6 Å². The number of hydrogen-bond acceptors (Lipinski definition) is 5. The highest BCUT2D eigenvalue weighted by Crippen LogP contribution is 2.11. The van der Waals surface area contributed by atoms with Crippen molar-refractivity contribution in [2.45, 2.75) is 47.1 Å². The summed E-state index contributed by atoms with van der Waals surface area (Å²) in [6, 6.07) is 0. The number of nitrogens with one attached hydrogen (secondary N) is 2. The Labute approximate surface area is 120 Å². The zero-order chi connectivity index (χ0) is 15.8. The summed E-state index contributed by atoms with van der Waals surface area (Å²) in [6.45, 7) is 10.8. The van der Waals surface area contributed by atoms with Crippen molar-refractivity contribution in [3.63, 3.8) is 0 Å². The molecule has 0 aliphatic rings. The third-order valence-electron chi connectivity index (χ3n) is 2.01. The van der Waals surface area contributed by atoms with Crippen LogP contribution in [0.5, 0.6) is 0 Å². The van der Waals surface area contributed by atoms with Gasteiger partial charge >= 0.3 is 6.09 Å². The highest BCUT2D eigenvalue weighted by molar-refractivity contribution is 5.81. The van der Waals surface area contributed by atoms with Gasteiger partial charge in [-0.3, -0.25) is 4.79 Å². The van der Waals surface area contributed by atoms with Crippen molar-refractivity contribution >= 4 is 12.0 Å². The Morgan fingerprint density at radius 1 is 0.950 bits per heavy atom. The second-order valence-corrected chi connectivity index (χ2v) is 6.24. The molecule has 0 fully saturated rings. The first-order chi connectivity index (χ1) is 9.02. The third-order valence-corrected chi connectivity index (χ3v) is 2.01. The smallest absolute Gasteiger partial charge is 0.410 e. The Bertz CT molecular complexity index is 318. The van der Waals surface area contributed by atoms with Gasteiger partial charge in [-0.1, -0.05) is 20.8 Å². The minimum absolute atomic E-state index is 0.00737. The zero-order valence-corrected chi connectivity index (χ0v) is 13.2. The van der Waals surface area contributed by atoms with Gasteiger partial charge in [0, 0.05) is 5.41 Å². The predicted molar refractivity (Wildman–Crippen MR) is 73.7 cm³/mol. The van der Waals surface area contributed by atoms with Gasteiger partial charge in [0.15, 0.2) is 13.6 Å². The lowest BCUT2D eigenvalue weighted by molar-refractivity contribution is -0.153. The second kappa shape index (κ2) is 8.06. The fraction of sp³-hybridized carbons (Fsp3) is 0.846. The van der Waals surface area contributed by atoms with Gasteiger partial charge in [-0.05, 0) is 20.8 Å². The van der Waals surface area contributed by atoms with Crippen molar-refractivity contribution in [1.29, 1.82) is 0 Å². The predicted octanol–water partition coefficient (Wildman–Crippen LogP) is 1.58. The molecule has 20 heavy (non-hydrogen) atoms. The van der Waals surface area contributed by atoms with Crippen LogP contribution in [0.2, 0.25) is 0 Å². The van der Waals surface area contributed by atoms with Gasteiger partial charge in [0.05, 0.1) is 12.3 Å². The van der Waals surface area contributed by atoms with Crippen molar-refractivity contribution in [1.82, 2.24) is 10.6 Å². The summed E-state index contributed by atoms with van der Waals surface area (Å²) in [4.78, 5) is 22.7. The molecule has 0 atom stereocenters. The van der Waals surface area contributed by atoms with Crippen LogP contribution in [0.25, 0.3) is 0 Å². The van der Waals surface area contributed by atoms with Gasteiger partial charge < -0.3 is 24.8 Å². The van der Waals surface area contributed by atoms with Crippen LogP contribution in [0.4, 0.5) is 4.79 Å². The Kier molecular flexibility index (Phi) is 7.52. The van der Waals surface area contributed by atoms with E-state index in [2.05, 4.69) is 10.6 Å². The quantitative estimate of drug-likeness (QED) is 0.573. The first-order valence-corrected chi connectivity index (χ1v) is 6.43. The Morgan fingerprint density at radius 2 is 1.55 bits per heavy atom. The van der Waals surface area contributed by atoms with Crippen LogP contribution in [0.15, 0.2) is 0 Å². The van der Waals surface area contributed by atoms with E-state index < -0.39 is 11.5 Å². The summed E-state index contributed by atoms with van der Waals surface area (Å²) in [5.74, 6) is -0.160. The summed E-state index contributed by atoms with van der Waals surface area (Å²) in [5, 5.41) is 4.94. The van der Waals surface area contributed by atoms with Crippen molar-refractivity contribution in [3.8, 4) is 0 Å². The van der Waals surface area contributed by atoms with E-state index in [9.17, 15) is 9.59 Å². The topological polar surface area (TPSA) is 85.9 Å². The molecule has 2 amide bonds. The molecule has 7 heteroatoms. The van der Waals surface area contributed by atoms with Crippen LogP contribution in [0.1, 0.15) is 41.5 Å². The SMILES string of the molecule is CC(C)(C)OCOCOC(=O)NCNC(=O)C(C)(C)C. The van der Waals surface area contributed by atoms with Crippen molar-refractivity contribution in [3.05, 3.63) is 0 Å². The van der Waals surface area contributed by atoms with E-state index in [0.717, 1.165) is 0 Å². The molecule has 0 aliphatic carbocycles. The largest absolute Gasteiger partial charge is 0.422 e. The summed E-state index contributed by atoms with van der Waals surface area (Å²) >= 11 is 0. The molecule has 0 spiro atoms. The Balaban J connectivity index is 3.59. The molecule has 0 rings (SSSR count). The van der Waals surface area contributed by atoms with Gasteiger partial charge in [-0.2, -0.15) is 0 Å². The second-order valence-electron chi connectivity index (χ2n) is 6.24. The maximum absolute atomic E-state index is 11.5. The maximum Gasteiger partial charge on any atom is 0.410 e. The first kappa shape index (κ1) is 18.7. The molecular formula is C13H26N2O5. The highest BCUT2D eigenvalue weighted by atomic mass is 16.7. The zero-order valence-electron chi connectivity index (χ0n) is 13.2. The van der Waals surface area contributed by atoms with Gasteiger partial charge in [-0.25, -0.2) is 4.79 Å². The minimum atomic E-state index is -0.671. The van der Waals surface area contributed by atoms with E-state index in [0.29, 0.717) is 0 Å². The molecule has 0 aromatic rings. The summed E-state index contributed by atoms with van der Waals surface area (Å²) < 4.78 is 15.0. The fourth-order valence-electron chi connectivity index (χ4n) is 0.860. The standard InChI is InChI=1S/C13H26N2O5/c1-12(2,3)10(16)14-7-15-11(17)19-8-18-9-20-13(4,5)6/h7-9H2,1-6H3,(H,14,16)(H,15,17). The van der Waals surface area contributed by atoms with Crippen LogP contribution in [0.3, 0.4) is 0 Å². The third kappa shape index (κ3) is 10.6. The molecule has 0 aromatic carbocycles. The monoisotopic (exact) mass is 290 g/mol. The number of rotatable bonds is 6. The normalized spacial score (nSPS) is 11.9. The number of carbonyl (C=O) groups excluding carboxylic acids is 2. The molecule has 0 bridgehead atoms. The van der Waals surface area contributed by atoms with Crippen molar-refractivity contribution in [2.24, 2.45) is 5.41 Å². The number of amides is 2. The van der Waals surface area contributed by atoms with Gasteiger partial charge in [-0.15, -0.1) is 0 Å². The number of hydrogen-bond donors (Lipinski definition) is 2. The number of carbonyl (C=O) groups is 2. The van der Waals surface area contributed by atoms with Crippen LogP contribution in [-0.4, -0.2) is 37.9 Å². The maximum atomic E-state index is 11.5. The van der Waals surface area contributed by atoms with Crippen molar-refractivity contribution in [2.75, 3.05) is 20.3 Å². The summed E-state index contributed by atoms with van der Waals surface area (Å²) in [6.07, 6.45) is -0.671. The minimum Gasteiger partial charge on any atom is -0.422 e. The molecule has 7 nitrogen and oxygen atoms in total. The Hall–Kier alpha value is -1.34. The molecule has 0 heterocycles. The molecule has 0 aromatic heterocycles. The fourth-order valence-corrected chi connectivity index (χ4v) is 0.860. The lowest BCUT2D eigenvalue weighted by Crippen LogP contribution is -2.42.